The summed E-state index contributed by atoms with van der Waals surface area (Å²) in [6.07, 6.45) is 0. The maximum atomic E-state index is 12.5. The SMILES string of the molecule is C=CS(=O)(=O)c1ccc(N=Nc2c(NCS(=O)(=O)O)ccc3c(O)c(N=Nc4ccc(S(=O)(=O)CCOS(=O)(=O)O)cc4)c(S(=O)(=O)O)cc23)cc1. The van der Waals surface area contributed by atoms with E-state index in [1.165, 1.54) is 36.4 Å². The molecule has 0 saturated carbocycles. The molecule has 4 rings (SSSR count). The van der Waals surface area contributed by atoms with Crippen molar-refractivity contribution in [2.24, 2.45) is 20.5 Å². The molecule has 0 saturated heterocycles. The summed E-state index contributed by atoms with van der Waals surface area (Å²) in [5.41, 5.74) is -1.27. The van der Waals surface area contributed by atoms with E-state index in [-0.39, 0.29) is 43.3 Å². The number of hydrogen-bond donors (Lipinski definition) is 5. The summed E-state index contributed by atoms with van der Waals surface area (Å²) < 4.78 is 150. The molecule has 0 aliphatic rings. The van der Waals surface area contributed by atoms with Gasteiger partial charge in [0.1, 0.15) is 22.1 Å². The topological polar surface area (TPSA) is 322 Å². The molecule has 4 aromatic carbocycles. The summed E-state index contributed by atoms with van der Waals surface area (Å²) >= 11 is 0. The van der Waals surface area contributed by atoms with Crippen LogP contribution in [0.3, 0.4) is 0 Å². The van der Waals surface area contributed by atoms with E-state index in [2.05, 4.69) is 36.5 Å². The first-order valence-corrected chi connectivity index (χ1v) is 21.4. The summed E-state index contributed by atoms with van der Waals surface area (Å²) in [4.78, 5) is -1.44. The van der Waals surface area contributed by atoms with E-state index in [0.29, 0.717) is 0 Å². The van der Waals surface area contributed by atoms with Crippen molar-refractivity contribution in [1.82, 2.24) is 0 Å². The van der Waals surface area contributed by atoms with Crippen molar-refractivity contribution in [2.45, 2.75) is 14.7 Å². The van der Waals surface area contributed by atoms with Crippen molar-refractivity contribution in [3.63, 3.8) is 0 Å². The predicted octanol–water partition coefficient (Wildman–Crippen LogP) is 4.39. The molecule has 0 bridgehead atoms. The van der Waals surface area contributed by atoms with Crippen LogP contribution >= 0.6 is 0 Å². The number of fused-ring (bicyclic) bond motifs is 1. The van der Waals surface area contributed by atoms with Gasteiger partial charge in [0, 0.05) is 16.2 Å². The molecule has 4 aromatic rings. The second-order valence-corrected chi connectivity index (χ2v) is 18.1. The van der Waals surface area contributed by atoms with Crippen LogP contribution in [0.5, 0.6) is 5.75 Å². The Balaban J connectivity index is 1.80. The maximum Gasteiger partial charge on any atom is 0.397 e. The number of nitrogens with zero attached hydrogens (tertiary/aromatic N) is 4. The van der Waals surface area contributed by atoms with Gasteiger partial charge < -0.3 is 10.4 Å². The smallest absolute Gasteiger partial charge is 0.397 e. The molecule has 5 N–H and O–H groups in total. The van der Waals surface area contributed by atoms with Crippen LogP contribution in [0.25, 0.3) is 10.8 Å². The minimum absolute atomic E-state index is 0.0654. The van der Waals surface area contributed by atoms with Gasteiger partial charge in [-0.15, -0.1) is 10.2 Å². The zero-order valence-electron chi connectivity index (χ0n) is 25.9. The van der Waals surface area contributed by atoms with E-state index in [0.717, 1.165) is 35.7 Å². The monoisotopic (exact) mass is 819 g/mol. The summed E-state index contributed by atoms with van der Waals surface area (Å²) in [7, 11) is -22.6. The molecular formula is C27H25N5O15S5. The van der Waals surface area contributed by atoms with Crippen molar-refractivity contribution in [1.29, 1.82) is 0 Å². The number of phenolic OH excluding ortho intramolecular Hbond substituents is 1. The molecule has 20 nitrogen and oxygen atoms in total. The standard InChI is InChI=1S/C27H25N5O15S5/c1-2-48(34,35)19-7-3-17(4-8-19)29-31-25-22-15-24(51(41,42)43)26(27(33)21(22)11-12-23(25)28-16-50(38,39)40)32-30-18-5-9-20(10-6-18)49(36,37)14-13-47-52(44,45)46/h2-12,15,28,33H,1,13-14,16H2,(H,38,39,40)(H,41,42,43)(H,44,45,46). The first-order chi connectivity index (χ1) is 24.0. The van der Waals surface area contributed by atoms with Crippen LogP contribution in [0.2, 0.25) is 0 Å². The summed E-state index contributed by atoms with van der Waals surface area (Å²) in [5, 5.41) is 29.4. The minimum atomic E-state index is -5.21. The van der Waals surface area contributed by atoms with E-state index in [1.807, 2.05) is 0 Å². The lowest BCUT2D eigenvalue weighted by Gasteiger charge is -2.14. The van der Waals surface area contributed by atoms with Crippen LogP contribution in [0.4, 0.5) is 28.4 Å². The maximum absolute atomic E-state index is 12.5. The highest BCUT2D eigenvalue weighted by Crippen LogP contribution is 2.46. The van der Waals surface area contributed by atoms with Gasteiger partial charge in [-0.1, -0.05) is 6.58 Å². The fourth-order valence-electron chi connectivity index (χ4n) is 4.22. The highest BCUT2D eigenvalue weighted by Gasteiger charge is 2.25. The van der Waals surface area contributed by atoms with Crippen LogP contribution in [0.15, 0.2) is 114 Å². The average Bonchev–Trinajstić information content (AvgIpc) is 3.04. The second-order valence-electron chi connectivity index (χ2n) is 10.2. The lowest BCUT2D eigenvalue weighted by Crippen LogP contribution is -2.15. The van der Waals surface area contributed by atoms with Crippen LogP contribution < -0.4 is 5.32 Å². The minimum Gasteiger partial charge on any atom is -0.505 e. The molecule has 52 heavy (non-hydrogen) atoms. The fraction of sp³-hybridized carbons (Fsp3) is 0.111. The molecule has 0 aliphatic carbocycles. The molecule has 0 radical (unpaired) electrons. The van der Waals surface area contributed by atoms with Crippen LogP contribution in [-0.2, 0) is 54.5 Å². The number of azo groups is 2. The molecule has 0 heterocycles. The lowest BCUT2D eigenvalue weighted by molar-refractivity contribution is 0.284. The van der Waals surface area contributed by atoms with Gasteiger partial charge in [-0.05, 0) is 66.7 Å². The van der Waals surface area contributed by atoms with Gasteiger partial charge in [0.2, 0.25) is 0 Å². The van der Waals surface area contributed by atoms with E-state index >= 15 is 0 Å². The van der Waals surface area contributed by atoms with E-state index in [9.17, 15) is 56.3 Å². The van der Waals surface area contributed by atoms with Crippen LogP contribution in [-0.4, -0.2) is 79.1 Å². The highest BCUT2D eigenvalue weighted by atomic mass is 32.3. The van der Waals surface area contributed by atoms with Crippen molar-refractivity contribution in [3.8, 4) is 5.75 Å². The molecule has 278 valence electrons. The molecule has 0 amide bonds. The van der Waals surface area contributed by atoms with Crippen molar-refractivity contribution in [3.05, 3.63) is 78.7 Å². The van der Waals surface area contributed by atoms with Crippen LogP contribution in [0, 0.1) is 0 Å². The Morgan fingerprint density at radius 1 is 0.692 bits per heavy atom. The van der Waals surface area contributed by atoms with Crippen molar-refractivity contribution in [2.75, 3.05) is 23.6 Å². The van der Waals surface area contributed by atoms with Gasteiger partial charge >= 0.3 is 10.4 Å². The molecule has 0 fully saturated rings. The molecule has 0 aromatic heterocycles. The van der Waals surface area contributed by atoms with E-state index in [4.69, 9.17) is 4.55 Å². The van der Waals surface area contributed by atoms with Gasteiger partial charge in [0.15, 0.2) is 25.4 Å². The number of benzene rings is 4. The largest absolute Gasteiger partial charge is 0.505 e. The molecular weight excluding hydrogens is 795 g/mol. The Hall–Kier alpha value is -4.73. The Kier molecular flexibility index (Phi) is 11.6. The number of sulfone groups is 2. The van der Waals surface area contributed by atoms with E-state index < -0.39 is 84.9 Å². The van der Waals surface area contributed by atoms with Gasteiger partial charge in [-0.25, -0.2) is 21.0 Å². The number of nitrogens with one attached hydrogen (secondary N) is 1. The third kappa shape index (κ3) is 10.2. The number of rotatable bonds is 15. The second kappa shape index (κ2) is 15.1. The first kappa shape index (κ1) is 40.0. The summed E-state index contributed by atoms with van der Waals surface area (Å²) in [6.45, 7) is 2.36. The molecule has 0 aliphatic heterocycles. The van der Waals surface area contributed by atoms with Crippen LogP contribution in [0.1, 0.15) is 0 Å². The number of aromatic hydroxyl groups is 1. The highest BCUT2D eigenvalue weighted by molar-refractivity contribution is 7.94. The lowest BCUT2D eigenvalue weighted by atomic mass is 10.1. The molecule has 0 atom stereocenters. The van der Waals surface area contributed by atoms with Crippen molar-refractivity contribution < 1.29 is 65.0 Å². The van der Waals surface area contributed by atoms with Crippen molar-refractivity contribution >= 4 is 89.5 Å². The van der Waals surface area contributed by atoms with E-state index in [1.54, 1.807) is 0 Å². The average molecular weight is 820 g/mol. The van der Waals surface area contributed by atoms with Gasteiger partial charge in [0.25, 0.3) is 20.2 Å². The molecule has 0 unspecified atom stereocenters. The van der Waals surface area contributed by atoms with Gasteiger partial charge in [-0.3, -0.25) is 13.7 Å². The van der Waals surface area contributed by atoms with Gasteiger partial charge in [-0.2, -0.15) is 35.5 Å². The Morgan fingerprint density at radius 2 is 1.23 bits per heavy atom. The molecule has 25 heteroatoms. The molecule has 0 spiro atoms. The zero-order chi connectivity index (χ0) is 38.7. The third-order valence-corrected chi connectivity index (χ3v) is 11.5. The predicted molar refractivity (Wildman–Crippen MR) is 184 cm³/mol. The summed E-state index contributed by atoms with van der Waals surface area (Å²) in [5.74, 6) is -2.74. The number of phenols is 1. The quantitative estimate of drug-likeness (QED) is 0.0820. The first-order valence-electron chi connectivity index (χ1n) is 13.8. The zero-order valence-corrected chi connectivity index (χ0v) is 29.9. The summed E-state index contributed by atoms with van der Waals surface area (Å²) in [6, 6.07) is 12.4. The Labute approximate surface area is 296 Å². The Bertz CT molecular complexity index is 2660. The van der Waals surface area contributed by atoms with Gasteiger partial charge in [0.05, 0.1) is 39.2 Å². The Morgan fingerprint density at radius 3 is 1.73 bits per heavy atom. The normalized spacial score (nSPS) is 13.2. The number of hydrogen-bond acceptors (Lipinski definition) is 17. The number of anilines is 1. The third-order valence-electron chi connectivity index (χ3n) is 6.62. The fourth-order valence-corrected chi connectivity index (χ4v) is 7.40.